The standard InChI is InChI=1S/C22H40O/c1-3-5-6-8-19-13-15-21(16-14-19)22(23)17-20-11-9-18(7-4-2)10-12-20/h18-21H,3-17H2,1-2H3. The van der Waals surface area contributed by atoms with E-state index in [0.717, 1.165) is 24.2 Å². The van der Waals surface area contributed by atoms with Crippen molar-refractivity contribution in [3.63, 3.8) is 0 Å². The highest BCUT2D eigenvalue weighted by Gasteiger charge is 2.29. The van der Waals surface area contributed by atoms with Gasteiger partial charge in [0.15, 0.2) is 0 Å². The highest BCUT2D eigenvalue weighted by Crippen LogP contribution is 2.37. The molecular formula is C22H40O. The maximum absolute atomic E-state index is 12.6. The van der Waals surface area contributed by atoms with Crippen LogP contribution in [0.2, 0.25) is 0 Å². The van der Waals surface area contributed by atoms with E-state index in [4.69, 9.17) is 0 Å². The monoisotopic (exact) mass is 320 g/mol. The molecular weight excluding hydrogens is 280 g/mol. The molecule has 0 aliphatic heterocycles. The fourth-order valence-corrected chi connectivity index (χ4v) is 5.04. The van der Waals surface area contributed by atoms with E-state index in [1.165, 1.54) is 89.9 Å². The Bertz CT molecular complexity index is 319. The lowest BCUT2D eigenvalue weighted by Crippen LogP contribution is -2.25. The van der Waals surface area contributed by atoms with Gasteiger partial charge in [0.05, 0.1) is 0 Å². The Balaban J connectivity index is 1.62. The Hall–Kier alpha value is -0.330. The van der Waals surface area contributed by atoms with Gasteiger partial charge in [0.1, 0.15) is 5.78 Å². The summed E-state index contributed by atoms with van der Waals surface area (Å²) in [5, 5.41) is 0. The summed E-state index contributed by atoms with van der Waals surface area (Å²) in [7, 11) is 0. The Morgan fingerprint density at radius 3 is 1.87 bits per heavy atom. The average molecular weight is 321 g/mol. The van der Waals surface area contributed by atoms with Crippen LogP contribution in [0.15, 0.2) is 0 Å². The van der Waals surface area contributed by atoms with Gasteiger partial charge in [-0.1, -0.05) is 65.2 Å². The quantitative estimate of drug-likeness (QED) is 0.420. The Kier molecular flexibility index (Phi) is 8.69. The van der Waals surface area contributed by atoms with Crippen LogP contribution in [0.25, 0.3) is 0 Å². The molecule has 0 N–H and O–H groups in total. The van der Waals surface area contributed by atoms with E-state index < -0.39 is 0 Å². The third kappa shape index (κ3) is 6.59. The van der Waals surface area contributed by atoms with Crippen molar-refractivity contribution in [3.05, 3.63) is 0 Å². The lowest BCUT2D eigenvalue weighted by molar-refractivity contribution is -0.125. The van der Waals surface area contributed by atoms with Crippen molar-refractivity contribution in [2.45, 2.75) is 110 Å². The van der Waals surface area contributed by atoms with Crippen molar-refractivity contribution in [3.8, 4) is 0 Å². The number of rotatable bonds is 9. The number of hydrogen-bond donors (Lipinski definition) is 0. The minimum Gasteiger partial charge on any atom is -0.299 e. The summed E-state index contributed by atoms with van der Waals surface area (Å²) in [4.78, 5) is 12.6. The van der Waals surface area contributed by atoms with Crippen molar-refractivity contribution in [1.82, 2.24) is 0 Å². The van der Waals surface area contributed by atoms with Crippen LogP contribution in [0.3, 0.4) is 0 Å². The van der Waals surface area contributed by atoms with Gasteiger partial charge in [-0.05, 0) is 56.3 Å². The molecule has 0 saturated heterocycles. The van der Waals surface area contributed by atoms with Crippen molar-refractivity contribution < 1.29 is 4.79 Å². The van der Waals surface area contributed by atoms with Gasteiger partial charge in [0.25, 0.3) is 0 Å². The Labute approximate surface area is 145 Å². The normalized spacial score (nSPS) is 31.9. The topological polar surface area (TPSA) is 17.1 Å². The Morgan fingerprint density at radius 2 is 1.26 bits per heavy atom. The lowest BCUT2D eigenvalue weighted by Gasteiger charge is -2.31. The largest absolute Gasteiger partial charge is 0.299 e. The van der Waals surface area contributed by atoms with Crippen molar-refractivity contribution >= 4 is 5.78 Å². The van der Waals surface area contributed by atoms with Crippen LogP contribution in [-0.2, 0) is 4.79 Å². The smallest absolute Gasteiger partial charge is 0.136 e. The second-order valence-corrected chi connectivity index (χ2v) is 8.56. The molecule has 0 radical (unpaired) electrons. The van der Waals surface area contributed by atoms with Gasteiger partial charge in [-0.2, -0.15) is 0 Å². The number of Topliss-reactive ketones (excluding diaryl/α,β-unsaturated/α-hetero) is 1. The van der Waals surface area contributed by atoms with Gasteiger partial charge in [-0.25, -0.2) is 0 Å². The number of unbranched alkanes of at least 4 members (excludes halogenated alkanes) is 2. The fraction of sp³-hybridized carbons (Fsp3) is 0.955. The first-order chi connectivity index (χ1) is 11.2. The molecule has 0 amide bonds. The number of carbonyl (C=O) groups is 1. The number of hydrogen-bond acceptors (Lipinski definition) is 1. The zero-order valence-electron chi connectivity index (χ0n) is 15.8. The summed E-state index contributed by atoms with van der Waals surface area (Å²) >= 11 is 0. The van der Waals surface area contributed by atoms with Crippen LogP contribution in [-0.4, -0.2) is 5.78 Å². The van der Waals surface area contributed by atoms with E-state index in [1.807, 2.05) is 0 Å². The predicted molar refractivity (Wildman–Crippen MR) is 99.6 cm³/mol. The molecule has 0 spiro atoms. The van der Waals surface area contributed by atoms with Crippen molar-refractivity contribution in [2.24, 2.45) is 23.7 Å². The van der Waals surface area contributed by atoms with E-state index in [2.05, 4.69) is 13.8 Å². The molecule has 2 rings (SSSR count). The van der Waals surface area contributed by atoms with Gasteiger partial charge in [-0.15, -0.1) is 0 Å². The van der Waals surface area contributed by atoms with Crippen LogP contribution >= 0.6 is 0 Å². The minimum atomic E-state index is 0.422. The molecule has 2 aliphatic rings. The van der Waals surface area contributed by atoms with Crippen LogP contribution in [0.1, 0.15) is 110 Å². The first-order valence-corrected chi connectivity index (χ1v) is 10.8. The van der Waals surface area contributed by atoms with E-state index >= 15 is 0 Å². The van der Waals surface area contributed by atoms with Gasteiger partial charge in [0.2, 0.25) is 0 Å². The third-order valence-corrected chi connectivity index (χ3v) is 6.67. The molecule has 2 aliphatic carbocycles. The summed E-state index contributed by atoms with van der Waals surface area (Å²) in [6, 6.07) is 0. The van der Waals surface area contributed by atoms with Crippen LogP contribution in [0.5, 0.6) is 0 Å². The molecule has 1 nitrogen and oxygen atoms in total. The van der Waals surface area contributed by atoms with Crippen LogP contribution < -0.4 is 0 Å². The first-order valence-electron chi connectivity index (χ1n) is 10.8. The number of carbonyl (C=O) groups excluding carboxylic acids is 1. The molecule has 0 aromatic carbocycles. The average Bonchev–Trinajstić information content (AvgIpc) is 2.58. The summed E-state index contributed by atoms with van der Waals surface area (Å²) in [5.74, 6) is 3.65. The molecule has 1 heteroatoms. The molecule has 2 fully saturated rings. The summed E-state index contributed by atoms with van der Waals surface area (Å²) in [6.45, 7) is 4.58. The van der Waals surface area contributed by atoms with Crippen molar-refractivity contribution in [2.75, 3.05) is 0 Å². The fourth-order valence-electron chi connectivity index (χ4n) is 5.04. The van der Waals surface area contributed by atoms with Crippen molar-refractivity contribution in [1.29, 1.82) is 0 Å². The van der Waals surface area contributed by atoms with Gasteiger partial charge in [0, 0.05) is 12.3 Å². The van der Waals surface area contributed by atoms with E-state index in [0.29, 0.717) is 11.7 Å². The molecule has 0 heterocycles. The molecule has 0 bridgehead atoms. The zero-order chi connectivity index (χ0) is 16.5. The summed E-state index contributed by atoms with van der Waals surface area (Å²) < 4.78 is 0. The summed E-state index contributed by atoms with van der Waals surface area (Å²) in [6.07, 6.45) is 19.6. The molecule has 0 aromatic rings. The Morgan fingerprint density at radius 1 is 0.696 bits per heavy atom. The molecule has 134 valence electrons. The summed E-state index contributed by atoms with van der Waals surface area (Å²) in [5.41, 5.74) is 0. The zero-order valence-corrected chi connectivity index (χ0v) is 15.8. The third-order valence-electron chi connectivity index (χ3n) is 6.67. The highest BCUT2D eigenvalue weighted by molar-refractivity contribution is 5.81. The van der Waals surface area contributed by atoms with Gasteiger partial charge < -0.3 is 0 Å². The SMILES string of the molecule is CCCCCC1CCC(C(=O)CC2CCC(CCC)CC2)CC1. The van der Waals surface area contributed by atoms with Crippen LogP contribution in [0, 0.1) is 23.7 Å². The molecule has 23 heavy (non-hydrogen) atoms. The van der Waals surface area contributed by atoms with Gasteiger partial charge >= 0.3 is 0 Å². The first kappa shape index (κ1) is 19.0. The van der Waals surface area contributed by atoms with E-state index in [-0.39, 0.29) is 0 Å². The van der Waals surface area contributed by atoms with E-state index in [1.54, 1.807) is 0 Å². The predicted octanol–water partition coefficient (Wildman–Crippen LogP) is 6.94. The van der Waals surface area contributed by atoms with Gasteiger partial charge in [-0.3, -0.25) is 4.79 Å². The molecule has 0 atom stereocenters. The molecule has 0 aromatic heterocycles. The second-order valence-electron chi connectivity index (χ2n) is 8.56. The van der Waals surface area contributed by atoms with Crippen LogP contribution in [0.4, 0.5) is 0 Å². The number of ketones is 1. The molecule has 2 saturated carbocycles. The van der Waals surface area contributed by atoms with E-state index in [9.17, 15) is 4.79 Å². The highest BCUT2D eigenvalue weighted by atomic mass is 16.1. The maximum Gasteiger partial charge on any atom is 0.136 e. The second kappa shape index (κ2) is 10.5. The maximum atomic E-state index is 12.6. The minimum absolute atomic E-state index is 0.422. The molecule has 0 unspecified atom stereocenters. The lowest BCUT2D eigenvalue weighted by atomic mass is 9.74.